The third-order valence-corrected chi connectivity index (χ3v) is 4.72. The largest absolute Gasteiger partial charge is 0.483 e. The molecular formula is C22H21BrN2O4. The van der Waals surface area contributed by atoms with E-state index in [0.29, 0.717) is 11.5 Å². The second-order valence-corrected chi connectivity index (χ2v) is 7.42. The second-order valence-electron chi connectivity index (χ2n) is 6.50. The molecule has 0 saturated carbocycles. The van der Waals surface area contributed by atoms with E-state index in [0.717, 1.165) is 20.8 Å². The van der Waals surface area contributed by atoms with E-state index < -0.39 is 17.9 Å². The van der Waals surface area contributed by atoms with Crippen molar-refractivity contribution in [1.29, 1.82) is 0 Å². The van der Waals surface area contributed by atoms with E-state index in [1.807, 2.05) is 55.5 Å². The van der Waals surface area contributed by atoms with Crippen molar-refractivity contribution in [1.82, 2.24) is 10.9 Å². The third kappa shape index (κ3) is 5.71. The van der Waals surface area contributed by atoms with Crippen LogP contribution >= 0.6 is 15.9 Å². The van der Waals surface area contributed by atoms with Crippen LogP contribution in [0.3, 0.4) is 0 Å². The fourth-order valence-electron chi connectivity index (χ4n) is 2.69. The number of fused-ring (bicyclic) bond motifs is 1. The van der Waals surface area contributed by atoms with Gasteiger partial charge in [-0.05, 0) is 60.5 Å². The molecule has 0 fully saturated rings. The molecule has 0 spiro atoms. The zero-order valence-electron chi connectivity index (χ0n) is 16.1. The van der Waals surface area contributed by atoms with Crippen molar-refractivity contribution in [3.05, 3.63) is 70.7 Å². The first-order valence-corrected chi connectivity index (χ1v) is 9.85. The van der Waals surface area contributed by atoms with Crippen LogP contribution in [0.25, 0.3) is 10.8 Å². The number of carbonyl (C=O) groups excluding carboxylic acids is 2. The Morgan fingerprint density at radius 2 is 1.76 bits per heavy atom. The first kappa shape index (κ1) is 20.7. The number of halogens is 1. The van der Waals surface area contributed by atoms with Crippen LogP contribution in [-0.2, 0) is 9.59 Å². The Labute approximate surface area is 177 Å². The molecule has 2 amide bonds. The molecule has 0 aliphatic carbocycles. The molecule has 0 saturated heterocycles. The van der Waals surface area contributed by atoms with Gasteiger partial charge in [0.05, 0.1) is 0 Å². The first-order chi connectivity index (χ1) is 13.9. The molecule has 150 valence electrons. The molecule has 1 atom stereocenters. The van der Waals surface area contributed by atoms with Crippen LogP contribution in [-0.4, -0.2) is 24.5 Å². The van der Waals surface area contributed by atoms with Gasteiger partial charge in [-0.3, -0.25) is 20.4 Å². The molecule has 3 aromatic rings. The van der Waals surface area contributed by atoms with Crippen LogP contribution in [0.1, 0.15) is 12.5 Å². The number of aryl methyl sites for hydroxylation is 1. The molecule has 6 nitrogen and oxygen atoms in total. The molecule has 1 unspecified atom stereocenters. The third-order valence-electron chi connectivity index (χ3n) is 4.22. The molecule has 3 aromatic carbocycles. The molecule has 0 aliphatic heterocycles. The lowest BCUT2D eigenvalue weighted by Crippen LogP contribution is -2.48. The molecule has 0 aliphatic rings. The van der Waals surface area contributed by atoms with E-state index in [9.17, 15) is 9.59 Å². The average molecular weight is 457 g/mol. The minimum absolute atomic E-state index is 0.220. The lowest BCUT2D eigenvalue weighted by molar-refractivity contribution is -0.133. The summed E-state index contributed by atoms with van der Waals surface area (Å²) in [6.45, 7) is 3.27. The van der Waals surface area contributed by atoms with E-state index >= 15 is 0 Å². The average Bonchev–Trinajstić information content (AvgIpc) is 2.71. The molecule has 0 bridgehead atoms. The van der Waals surface area contributed by atoms with Crippen molar-refractivity contribution in [2.24, 2.45) is 0 Å². The summed E-state index contributed by atoms with van der Waals surface area (Å²) in [6, 6.07) is 19.0. The zero-order chi connectivity index (χ0) is 20.8. The van der Waals surface area contributed by atoms with Crippen LogP contribution < -0.4 is 20.3 Å². The Kier molecular flexibility index (Phi) is 6.72. The van der Waals surface area contributed by atoms with Gasteiger partial charge in [-0.15, -0.1) is 0 Å². The van der Waals surface area contributed by atoms with Crippen molar-refractivity contribution in [3.8, 4) is 11.5 Å². The van der Waals surface area contributed by atoms with Crippen molar-refractivity contribution >= 4 is 38.5 Å². The Bertz CT molecular complexity index is 1040. The van der Waals surface area contributed by atoms with E-state index in [2.05, 4.69) is 26.8 Å². The van der Waals surface area contributed by atoms with E-state index in [1.165, 1.54) is 0 Å². The highest BCUT2D eigenvalue weighted by molar-refractivity contribution is 9.10. The molecule has 0 heterocycles. The summed E-state index contributed by atoms with van der Waals surface area (Å²) in [5.41, 5.74) is 5.57. The normalized spacial score (nSPS) is 11.6. The minimum atomic E-state index is -0.786. The number of hydrogen-bond acceptors (Lipinski definition) is 4. The fourth-order valence-corrected chi connectivity index (χ4v) is 3.16. The maximum atomic E-state index is 12.2. The zero-order valence-corrected chi connectivity index (χ0v) is 17.7. The maximum absolute atomic E-state index is 12.2. The standard InChI is InChI=1S/C22H21BrN2O4/c1-14-11-18(23)8-10-20(14)28-13-21(26)24-25-22(27)15(2)29-19-9-7-16-5-3-4-6-17(16)12-19/h3-12,15H,13H2,1-2H3,(H,24,26)(H,25,27). The summed E-state index contributed by atoms with van der Waals surface area (Å²) in [5, 5.41) is 2.11. The van der Waals surface area contributed by atoms with Crippen LogP contribution in [0.5, 0.6) is 11.5 Å². The number of amides is 2. The number of hydrogen-bond donors (Lipinski definition) is 2. The predicted octanol–water partition coefficient (Wildman–Crippen LogP) is 3.90. The summed E-state index contributed by atoms with van der Waals surface area (Å²) < 4.78 is 12.1. The van der Waals surface area contributed by atoms with Gasteiger partial charge in [-0.25, -0.2) is 0 Å². The van der Waals surface area contributed by atoms with Gasteiger partial charge in [-0.1, -0.05) is 46.3 Å². The lowest BCUT2D eigenvalue weighted by atomic mass is 10.1. The van der Waals surface area contributed by atoms with Crippen molar-refractivity contribution in [2.75, 3.05) is 6.61 Å². The number of ether oxygens (including phenoxy) is 2. The van der Waals surface area contributed by atoms with Gasteiger partial charge in [-0.2, -0.15) is 0 Å². The Hall–Kier alpha value is -3.06. The number of nitrogens with one attached hydrogen (secondary N) is 2. The van der Waals surface area contributed by atoms with Gasteiger partial charge < -0.3 is 9.47 Å². The van der Waals surface area contributed by atoms with Crippen LogP contribution in [0.4, 0.5) is 0 Å². The molecule has 3 rings (SSSR count). The highest BCUT2D eigenvalue weighted by atomic mass is 79.9. The van der Waals surface area contributed by atoms with E-state index in [1.54, 1.807) is 19.1 Å². The van der Waals surface area contributed by atoms with E-state index in [4.69, 9.17) is 9.47 Å². The van der Waals surface area contributed by atoms with Crippen LogP contribution in [0, 0.1) is 6.92 Å². The Morgan fingerprint density at radius 3 is 2.52 bits per heavy atom. The molecule has 2 N–H and O–H groups in total. The SMILES string of the molecule is Cc1cc(Br)ccc1OCC(=O)NNC(=O)C(C)Oc1ccc2ccccc2c1. The monoisotopic (exact) mass is 456 g/mol. The van der Waals surface area contributed by atoms with Gasteiger partial charge in [0.1, 0.15) is 11.5 Å². The lowest BCUT2D eigenvalue weighted by Gasteiger charge is -2.16. The first-order valence-electron chi connectivity index (χ1n) is 9.05. The summed E-state index contributed by atoms with van der Waals surface area (Å²) in [4.78, 5) is 24.1. The molecule has 7 heteroatoms. The maximum Gasteiger partial charge on any atom is 0.279 e. The van der Waals surface area contributed by atoms with Crippen LogP contribution in [0.2, 0.25) is 0 Å². The Morgan fingerprint density at radius 1 is 1.00 bits per heavy atom. The summed E-state index contributed by atoms with van der Waals surface area (Å²) in [5.74, 6) is 0.235. The van der Waals surface area contributed by atoms with Gasteiger partial charge in [0.15, 0.2) is 12.7 Å². The quantitative estimate of drug-likeness (QED) is 0.551. The molecule has 0 radical (unpaired) electrons. The predicted molar refractivity (Wildman–Crippen MR) is 115 cm³/mol. The van der Waals surface area contributed by atoms with Gasteiger partial charge >= 0.3 is 0 Å². The van der Waals surface area contributed by atoms with Crippen molar-refractivity contribution in [2.45, 2.75) is 20.0 Å². The smallest absolute Gasteiger partial charge is 0.279 e. The highest BCUT2D eigenvalue weighted by Crippen LogP contribution is 2.22. The van der Waals surface area contributed by atoms with Crippen LogP contribution in [0.15, 0.2) is 65.1 Å². The fraction of sp³-hybridized carbons (Fsp3) is 0.182. The van der Waals surface area contributed by atoms with Gasteiger partial charge in [0, 0.05) is 4.47 Å². The van der Waals surface area contributed by atoms with Crippen molar-refractivity contribution in [3.63, 3.8) is 0 Å². The molecular weight excluding hydrogens is 436 g/mol. The summed E-state index contributed by atoms with van der Waals surface area (Å²) in [6.07, 6.45) is -0.786. The number of benzene rings is 3. The van der Waals surface area contributed by atoms with Crippen molar-refractivity contribution < 1.29 is 19.1 Å². The molecule has 29 heavy (non-hydrogen) atoms. The van der Waals surface area contributed by atoms with Gasteiger partial charge in [0.25, 0.3) is 11.8 Å². The molecule has 0 aromatic heterocycles. The summed E-state index contributed by atoms with van der Waals surface area (Å²) >= 11 is 3.37. The topological polar surface area (TPSA) is 76.7 Å². The Balaban J connectivity index is 1.46. The van der Waals surface area contributed by atoms with E-state index in [-0.39, 0.29) is 6.61 Å². The van der Waals surface area contributed by atoms with Gasteiger partial charge in [0.2, 0.25) is 0 Å². The number of rotatable bonds is 6. The highest BCUT2D eigenvalue weighted by Gasteiger charge is 2.16. The summed E-state index contributed by atoms with van der Waals surface area (Å²) in [7, 11) is 0. The number of hydrazine groups is 1. The minimum Gasteiger partial charge on any atom is -0.483 e. The number of carbonyl (C=O) groups is 2. The second kappa shape index (κ2) is 9.43.